The Bertz CT molecular complexity index is 1100. The molecule has 0 aliphatic carbocycles. The number of likely N-dealkylation sites (tertiary alicyclic amines) is 1. The van der Waals surface area contributed by atoms with Gasteiger partial charge in [-0.2, -0.15) is 0 Å². The number of aliphatic hydroxyl groups excluding tert-OH is 1. The average Bonchev–Trinajstić information content (AvgIpc) is 2.68. The van der Waals surface area contributed by atoms with Crippen LogP contribution in [0.25, 0.3) is 10.8 Å². The molecule has 3 aromatic rings. The van der Waals surface area contributed by atoms with Crippen LogP contribution < -0.4 is 10.4 Å². The van der Waals surface area contributed by atoms with Crippen LogP contribution in [0.5, 0.6) is 5.75 Å². The number of hydrogen-bond acceptors (Lipinski definition) is 6. The molecule has 0 saturated carbocycles. The van der Waals surface area contributed by atoms with Crippen LogP contribution in [0.4, 0.5) is 0 Å². The van der Waals surface area contributed by atoms with Crippen molar-refractivity contribution in [2.24, 2.45) is 0 Å². The summed E-state index contributed by atoms with van der Waals surface area (Å²) < 4.78 is 11.1. The van der Waals surface area contributed by atoms with E-state index in [1.165, 1.54) is 6.07 Å². The minimum Gasteiger partial charge on any atom is -0.488 e. The Balaban J connectivity index is 1.46. The fourth-order valence-electron chi connectivity index (χ4n) is 3.78. The first-order valence-corrected chi connectivity index (χ1v) is 9.51. The van der Waals surface area contributed by atoms with E-state index in [1.807, 2.05) is 24.3 Å². The second-order valence-electron chi connectivity index (χ2n) is 7.33. The molecule has 1 saturated heterocycles. The number of piperidine rings is 1. The van der Waals surface area contributed by atoms with Crippen molar-refractivity contribution >= 4 is 16.7 Å². The topological polar surface area (TPSA) is 92.9 Å². The van der Waals surface area contributed by atoms with Gasteiger partial charge in [0.15, 0.2) is 0 Å². The zero-order valence-electron chi connectivity index (χ0n) is 16.3. The van der Waals surface area contributed by atoms with Crippen LogP contribution in [0.15, 0.2) is 51.9 Å². The summed E-state index contributed by atoms with van der Waals surface area (Å²) in [5.41, 5.74) is 0.467. The first kappa shape index (κ1) is 19.1. The molecule has 2 atom stereocenters. The van der Waals surface area contributed by atoms with E-state index in [1.54, 1.807) is 31.1 Å². The van der Waals surface area contributed by atoms with Crippen molar-refractivity contribution in [3.05, 3.63) is 70.0 Å². The predicted octanol–water partition coefficient (Wildman–Crippen LogP) is 2.46. The van der Waals surface area contributed by atoms with Gasteiger partial charge in [-0.25, -0.2) is 4.79 Å². The highest BCUT2D eigenvalue weighted by molar-refractivity contribution is 5.96. The van der Waals surface area contributed by atoms with Crippen molar-refractivity contribution in [3.8, 4) is 5.75 Å². The molecule has 150 valence electrons. The van der Waals surface area contributed by atoms with Crippen LogP contribution >= 0.6 is 0 Å². The standard InChI is InChI=1S/C22H22N2O5/c1-13-9-20(26)28-14(2)21(13)22(27)24-8-6-19(18(25)12-24)29-17-4-3-15-5-7-23-11-16(15)10-17/h3-5,7,9-11,18-19,25H,6,8,12H2,1-2H3/t18-,19-/m1/s1. The number of pyridine rings is 1. The zero-order valence-corrected chi connectivity index (χ0v) is 16.3. The third-order valence-electron chi connectivity index (χ3n) is 5.26. The molecule has 7 heteroatoms. The number of carbonyl (C=O) groups is 1. The molecular weight excluding hydrogens is 372 g/mol. The molecule has 29 heavy (non-hydrogen) atoms. The molecule has 1 amide bonds. The lowest BCUT2D eigenvalue weighted by Crippen LogP contribution is -2.51. The quantitative estimate of drug-likeness (QED) is 0.734. The van der Waals surface area contributed by atoms with Gasteiger partial charge < -0.3 is 19.2 Å². The van der Waals surface area contributed by atoms with Crippen LogP contribution in [0.1, 0.15) is 28.1 Å². The maximum Gasteiger partial charge on any atom is 0.336 e. The Hall–Kier alpha value is -3.19. The maximum absolute atomic E-state index is 12.9. The number of β-amino-alcohol motifs (C(OH)–C–C–N with tert-alkyl or cyclic N) is 1. The Morgan fingerprint density at radius 2 is 2.07 bits per heavy atom. The number of rotatable bonds is 3. The molecule has 0 unspecified atom stereocenters. The van der Waals surface area contributed by atoms with Gasteiger partial charge in [-0.1, -0.05) is 6.07 Å². The van der Waals surface area contributed by atoms with Gasteiger partial charge >= 0.3 is 5.63 Å². The third-order valence-corrected chi connectivity index (χ3v) is 5.26. The molecule has 0 radical (unpaired) electrons. The number of hydrogen-bond donors (Lipinski definition) is 1. The molecule has 4 rings (SSSR count). The highest BCUT2D eigenvalue weighted by Gasteiger charge is 2.33. The van der Waals surface area contributed by atoms with E-state index in [0.717, 1.165) is 10.8 Å². The SMILES string of the molecule is Cc1cc(=O)oc(C)c1C(=O)N1CC[C@@H](Oc2ccc3ccncc3c2)[C@H](O)C1. The predicted molar refractivity (Wildman–Crippen MR) is 107 cm³/mol. The fraction of sp³-hybridized carbons (Fsp3) is 0.318. The molecule has 2 aromatic heterocycles. The number of nitrogens with zero attached hydrogens (tertiary/aromatic N) is 2. The van der Waals surface area contributed by atoms with E-state index >= 15 is 0 Å². The molecule has 7 nitrogen and oxygen atoms in total. The van der Waals surface area contributed by atoms with E-state index in [2.05, 4.69) is 4.98 Å². The van der Waals surface area contributed by atoms with Crippen molar-refractivity contribution in [1.29, 1.82) is 0 Å². The second kappa shape index (κ2) is 7.67. The average molecular weight is 394 g/mol. The van der Waals surface area contributed by atoms with Crippen LogP contribution in [0.3, 0.4) is 0 Å². The Morgan fingerprint density at radius 1 is 1.24 bits per heavy atom. The summed E-state index contributed by atoms with van der Waals surface area (Å²) in [6.07, 6.45) is 2.76. The monoisotopic (exact) mass is 394 g/mol. The number of benzene rings is 1. The fourth-order valence-corrected chi connectivity index (χ4v) is 3.78. The Labute approximate surface area is 167 Å². The number of ether oxygens (including phenoxy) is 1. The molecule has 0 bridgehead atoms. The van der Waals surface area contributed by atoms with Gasteiger partial charge in [-0.05, 0) is 43.0 Å². The lowest BCUT2D eigenvalue weighted by atomic mass is 10.0. The largest absolute Gasteiger partial charge is 0.488 e. The van der Waals surface area contributed by atoms with Gasteiger partial charge in [0, 0.05) is 36.8 Å². The first-order valence-electron chi connectivity index (χ1n) is 9.51. The van der Waals surface area contributed by atoms with Gasteiger partial charge in [0.1, 0.15) is 23.7 Å². The Kier molecular flexibility index (Phi) is 5.07. The minimum absolute atomic E-state index is 0.149. The van der Waals surface area contributed by atoms with Crippen LogP contribution in [0, 0.1) is 13.8 Å². The van der Waals surface area contributed by atoms with Crippen molar-refractivity contribution < 1.29 is 19.1 Å². The molecule has 1 aromatic carbocycles. The summed E-state index contributed by atoms with van der Waals surface area (Å²) in [7, 11) is 0. The lowest BCUT2D eigenvalue weighted by Gasteiger charge is -2.36. The number of aliphatic hydroxyl groups is 1. The number of aryl methyl sites for hydroxylation is 2. The van der Waals surface area contributed by atoms with E-state index < -0.39 is 17.8 Å². The van der Waals surface area contributed by atoms with Gasteiger partial charge in [-0.3, -0.25) is 9.78 Å². The van der Waals surface area contributed by atoms with E-state index in [4.69, 9.17) is 9.15 Å². The number of amides is 1. The maximum atomic E-state index is 12.9. The van der Waals surface area contributed by atoms with Crippen molar-refractivity contribution in [1.82, 2.24) is 9.88 Å². The van der Waals surface area contributed by atoms with Crippen molar-refractivity contribution in [2.75, 3.05) is 13.1 Å². The zero-order chi connectivity index (χ0) is 20.5. The number of aromatic nitrogens is 1. The van der Waals surface area contributed by atoms with E-state index in [9.17, 15) is 14.7 Å². The molecule has 1 fully saturated rings. The summed E-state index contributed by atoms with van der Waals surface area (Å²) in [5.74, 6) is 0.696. The number of carbonyl (C=O) groups excluding carboxylic acids is 1. The molecule has 0 spiro atoms. The van der Waals surface area contributed by atoms with Gasteiger partial charge in [0.2, 0.25) is 0 Å². The van der Waals surface area contributed by atoms with E-state index in [0.29, 0.717) is 29.8 Å². The summed E-state index contributed by atoms with van der Waals surface area (Å²) in [6, 6.07) is 8.94. The summed E-state index contributed by atoms with van der Waals surface area (Å²) in [5, 5.41) is 12.6. The molecule has 1 N–H and O–H groups in total. The van der Waals surface area contributed by atoms with Crippen molar-refractivity contribution in [2.45, 2.75) is 32.5 Å². The second-order valence-corrected chi connectivity index (χ2v) is 7.33. The molecule has 1 aliphatic heterocycles. The van der Waals surface area contributed by atoms with Crippen LogP contribution in [-0.2, 0) is 0 Å². The molecule has 3 heterocycles. The highest BCUT2D eigenvalue weighted by atomic mass is 16.5. The first-order chi connectivity index (χ1) is 13.9. The minimum atomic E-state index is -0.825. The summed E-state index contributed by atoms with van der Waals surface area (Å²) in [6.45, 7) is 3.89. The van der Waals surface area contributed by atoms with Crippen LogP contribution in [-0.4, -0.2) is 46.2 Å². The normalized spacial score (nSPS) is 19.3. The van der Waals surface area contributed by atoms with Gasteiger partial charge in [0.25, 0.3) is 5.91 Å². The third kappa shape index (κ3) is 3.86. The van der Waals surface area contributed by atoms with Gasteiger partial charge in [-0.15, -0.1) is 0 Å². The number of fused-ring (bicyclic) bond motifs is 1. The summed E-state index contributed by atoms with van der Waals surface area (Å²) >= 11 is 0. The highest BCUT2D eigenvalue weighted by Crippen LogP contribution is 2.25. The van der Waals surface area contributed by atoms with E-state index in [-0.39, 0.29) is 18.2 Å². The van der Waals surface area contributed by atoms with Gasteiger partial charge in [0.05, 0.1) is 12.1 Å². The van der Waals surface area contributed by atoms with Crippen molar-refractivity contribution in [3.63, 3.8) is 0 Å². The molecule has 1 aliphatic rings. The van der Waals surface area contributed by atoms with Crippen LogP contribution in [0.2, 0.25) is 0 Å². The molecular formula is C22H22N2O5. The summed E-state index contributed by atoms with van der Waals surface area (Å²) in [4.78, 5) is 30.1. The smallest absolute Gasteiger partial charge is 0.336 e. The Morgan fingerprint density at radius 3 is 2.83 bits per heavy atom. The lowest BCUT2D eigenvalue weighted by molar-refractivity contribution is -0.0199.